The van der Waals surface area contributed by atoms with E-state index in [1.54, 1.807) is 21.3 Å². The molecule has 4 heterocycles. The summed E-state index contributed by atoms with van der Waals surface area (Å²) in [7, 11) is -1.24. The van der Waals surface area contributed by atoms with Gasteiger partial charge in [-0.1, -0.05) is 25.7 Å². The van der Waals surface area contributed by atoms with Crippen LogP contribution >= 0.6 is 0 Å². The Labute approximate surface area is 204 Å². The summed E-state index contributed by atoms with van der Waals surface area (Å²) in [6.45, 7) is 9.61. The monoisotopic (exact) mass is 490 g/mol. The van der Waals surface area contributed by atoms with E-state index in [1.165, 1.54) is 6.20 Å². The number of anilines is 1. The third kappa shape index (κ3) is 5.18. The van der Waals surface area contributed by atoms with Crippen LogP contribution in [0.2, 0.25) is 25.7 Å². The molecule has 5 rings (SSSR count). The molecular formula is C25H30N6O3Si. The van der Waals surface area contributed by atoms with E-state index >= 15 is 0 Å². The minimum atomic E-state index is -1.24. The zero-order valence-electron chi connectivity index (χ0n) is 20.5. The topological polar surface area (TPSA) is 103 Å². The average molecular weight is 491 g/mol. The molecule has 0 unspecified atom stereocenters. The molecule has 0 spiro atoms. The smallest absolute Gasteiger partial charge is 0.261 e. The molecule has 182 valence electrons. The number of rotatable bonds is 8. The van der Waals surface area contributed by atoms with Crippen molar-refractivity contribution in [1.82, 2.24) is 24.1 Å². The third-order valence-corrected chi connectivity index (χ3v) is 7.82. The predicted molar refractivity (Wildman–Crippen MR) is 138 cm³/mol. The lowest BCUT2D eigenvalue weighted by molar-refractivity contribution is -0.117. The fourth-order valence-electron chi connectivity index (χ4n) is 3.84. The highest BCUT2D eigenvalue weighted by molar-refractivity contribution is 6.76. The summed E-state index contributed by atoms with van der Waals surface area (Å²) in [6.07, 6.45) is 6.97. The lowest BCUT2D eigenvalue weighted by Gasteiger charge is -2.16. The van der Waals surface area contributed by atoms with Gasteiger partial charge in [-0.05, 0) is 43.5 Å². The molecule has 1 aliphatic rings. The van der Waals surface area contributed by atoms with Crippen LogP contribution in [0.5, 0.6) is 0 Å². The summed E-state index contributed by atoms with van der Waals surface area (Å²) in [4.78, 5) is 34.6. The highest BCUT2D eigenvalue weighted by atomic mass is 28.3. The molecule has 1 fully saturated rings. The Morgan fingerprint density at radius 2 is 2.00 bits per heavy atom. The third-order valence-electron chi connectivity index (χ3n) is 6.12. The van der Waals surface area contributed by atoms with E-state index in [4.69, 9.17) is 9.72 Å². The molecule has 4 aromatic heterocycles. The van der Waals surface area contributed by atoms with E-state index in [9.17, 15) is 9.59 Å². The first kappa shape index (κ1) is 23.4. The maximum atomic E-state index is 13.3. The maximum absolute atomic E-state index is 13.3. The predicted octanol–water partition coefficient (Wildman–Crippen LogP) is 4.08. The van der Waals surface area contributed by atoms with Crippen LogP contribution in [0.4, 0.5) is 5.82 Å². The van der Waals surface area contributed by atoms with Gasteiger partial charge in [0, 0.05) is 50.1 Å². The summed E-state index contributed by atoms with van der Waals surface area (Å²) in [5, 5.41) is 8.61. The first-order chi connectivity index (χ1) is 16.7. The van der Waals surface area contributed by atoms with E-state index < -0.39 is 8.07 Å². The Kier molecular flexibility index (Phi) is 6.02. The number of carbonyl (C=O) groups is 1. The van der Waals surface area contributed by atoms with Crippen molar-refractivity contribution in [3.8, 4) is 11.4 Å². The first-order valence-electron chi connectivity index (χ1n) is 11.9. The van der Waals surface area contributed by atoms with Gasteiger partial charge in [0.05, 0.1) is 5.39 Å². The van der Waals surface area contributed by atoms with Crippen molar-refractivity contribution in [1.29, 1.82) is 0 Å². The number of carbonyl (C=O) groups excluding carboxylic acids is 1. The number of hydrogen-bond donors (Lipinski definition) is 1. The molecule has 10 heteroatoms. The lowest BCUT2D eigenvalue weighted by Crippen LogP contribution is -2.25. The van der Waals surface area contributed by atoms with Crippen molar-refractivity contribution < 1.29 is 9.53 Å². The standard InChI is InChI=1S/C25H30N6O3Si/c1-16-5-8-22-28-23(29-31(22)13-16)20-14-30(15-34-9-10-35(2,3)4)25(33)19-12-26-21(11-18(19)20)27-24(32)17-6-7-17/h5,8,11-14,17H,6-7,9-10,15H2,1-4H3,(H,26,27,32). The maximum Gasteiger partial charge on any atom is 0.261 e. The van der Waals surface area contributed by atoms with E-state index in [0.717, 1.165) is 24.4 Å². The molecule has 1 N–H and O–H groups in total. The van der Waals surface area contributed by atoms with Crippen LogP contribution < -0.4 is 10.9 Å². The van der Waals surface area contributed by atoms with Crippen LogP contribution in [0.3, 0.4) is 0 Å². The van der Waals surface area contributed by atoms with Gasteiger partial charge in [-0.25, -0.2) is 14.5 Å². The van der Waals surface area contributed by atoms with Crippen LogP contribution in [0, 0.1) is 12.8 Å². The summed E-state index contributed by atoms with van der Waals surface area (Å²) in [5.74, 6) is 0.918. The number of pyridine rings is 3. The second-order valence-corrected chi connectivity index (χ2v) is 16.1. The van der Waals surface area contributed by atoms with Crippen molar-refractivity contribution in [2.45, 2.75) is 52.2 Å². The van der Waals surface area contributed by atoms with Crippen molar-refractivity contribution in [2.75, 3.05) is 11.9 Å². The lowest BCUT2D eigenvalue weighted by atomic mass is 10.1. The number of ether oxygens (including phenoxy) is 1. The largest absolute Gasteiger partial charge is 0.361 e. The number of aromatic nitrogens is 5. The molecule has 0 aromatic carbocycles. The van der Waals surface area contributed by atoms with Crippen LogP contribution in [0.1, 0.15) is 18.4 Å². The fourth-order valence-corrected chi connectivity index (χ4v) is 4.60. The normalized spacial score (nSPS) is 14.1. The number of amides is 1. The summed E-state index contributed by atoms with van der Waals surface area (Å²) in [5.41, 5.74) is 2.25. The van der Waals surface area contributed by atoms with Gasteiger partial charge in [-0.2, -0.15) is 0 Å². The molecule has 0 atom stereocenters. The summed E-state index contributed by atoms with van der Waals surface area (Å²) < 4.78 is 9.15. The highest BCUT2D eigenvalue weighted by Gasteiger charge is 2.30. The van der Waals surface area contributed by atoms with Gasteiger partial charge in [0.2, 0.25) is 5.91 Å². The van der Waals surface area contributed by atoms with Gasteiger partial charge in [0.15, 0.2) is 11.5 Å². The molecule has 1 saturated carbocycles. The van der Waals surface area contributed by atoms with E-state index in [1.807, 2.05) is 25.3 Å². The molecule has 1 amide bonds. The molecule has 35 heavy (non-hydrogen) atoms. The number of hydrogen-bond acceptors (Lipinski definition) is 6. The minimum Gasteiger partial charge on any atom is -0.361 e. The van der Waals surface area contributed by atoms with Crippen LogP contribution in [-0.2, 0) is 16.3 Å². The van der Waals surface area contributed by atoms with Crippen LogP contribution in [0.15, 0.2) is 41.6 Å². The second-order valence-electron chi connectivity index (χ2n) is 10.5. The minimum absolute atomic E-state index is 0.0381. The van der Waals surface area contributed by atoms with Gasteiger partial charge in [-0.3, -0.25) is 14.2 Å². The Balaban J connectivity index is 1.57. The number of fused-ring (bicyclic) bond motifs is 2. The molecule has 4 aromatic rings. The zero-order chi connectivity index (χ0) is 24.7. The highest BCUT2D eigenvalue weighted by Crippen LogP contribution is 2.31. The Morgan fingerprint density at radius 1 is 1.20 bits per heavy atom. The van der Waals surface area contributed by atoms with Crippen LogP contribution in [0.25, 0.3) is 27.8 Å². The van der Waals surface area contributed by atoms with E-state index in [0.29, 0.717) is 40.2 Å². The Hall–Kier alpha value is -3.37. The van der Waals surface area contributed by atoms with Gasteiger partial charge < -0.3 is 10.1 Å². The molecular weight excluding hydrogens is 460 g/mol. The van der Waals surface area contributed by atoms with Crippen LogP contribution in [-0.4, -0.2) is 44.7 Å². The van der Waals surface area contributed by atoms with Gasteiger partial charge in [-0.15, -0.1) is 5.10 Å². The number of aryl methyl sites for hydroxylation is 1. The van der Waals surface area contributed by atoms with E-state index in [2.05, 4.69) is 35.0 Å². The second kappa shape index (κ2) is 9.01. The SMILES string of the molecule is Cc1ccc2nc(-c3cn(COCC[Si](C)(C)C)c(=O)c4cnc(NC(=O)C5CC5)cc34)nn2c1. The van der Waals surface area contributed by atoms with E-state index in [-0.39, 0.29) is 24.1 Å². The van der Waals surface area contributed by atoms with Crippen molar-refractivity contribution in [3.63, 3.8) is 0 Å². The molecule has 0 radical (unpaired) electrons. The number of nitrogens with zero attached hydrogens (tertiary/aromatic N) is 5. The van der Waals surface area contributed by atoms with Gasteiger partial charge >= 0.3 is 0 Å². The zero-order valence-corrected chi connectivity index (χ0v) is 21.5. The molecule has 9 nitrogen and oxygen atoms in total. The number of nitrogens with one attached hydrogen (secondary N) is 1. The molecule has 0 saturated heterocycles. The van der Waals surface area contributed by atoms with Crippen molar-refractivity contribution in [2.24, 2.45) is 5.92 Å². The summed E-state index contributed by atoms with van der Waals surface area (Å²) in [6, 6.07) is 6.64. The molecule has 0 aliphatic heterocycles. The fraction of sp³-hybridized carbons (Fsp3) is 0.400. The molecule has 0 bridgehead atoms. The van der Waals surface area contributed by atoms with Crippen molar-refractivity contribution in [3.05, 3.63) is 52.7 Å². The quantitative estimate of drug-likeness (QED) is 0.295. The first-order valence-corrected chi connectivity index (χ1v) is 15.6. The van der Waals surface area contributed by atoms with Crippen molar-refractivity contribution >= 4 is 36.2 Å². The summed E-state index contributed by atoms with van der Waals surface area (Å²) >= 11 is 0. The van der Waals surface area contributed by atoms with Gasteiger partial charge in [0.25, 0.3) is 5.56 Å². The molecule has 1 aliphatic carbocycles. The Morgan fingerprint density at radius 3 is 2.74 bits per heavy atom. The average Bonchev–Trinajstić information content (AvgIpc) is 3.57. The Bertz CT molecular complexity index is 1480. The van der Waals surface area contributed by atoms with Gasteiger partial charge in [0.1, 0.15) is 12.5 Å².